The van der Waals surface area contributed by atoms with Gasteiger partial charge in [0.15, 0.2) is 0 Å². The van der Waals surface area contributed by atoms with E-state index in [9.17, 15) is 4.79 Å². The quantitative estimate of drug-likeness (QED) is 0.849. The van der Waals surface area contributed by atoms with E-state index in [4.69, 9.17) is 16.3 Å². The van der Waals surface area contributed by atoms with Crippen molar-refractivity contribution in [3.63, 3.8) is 0 Å². The Balaban J connectivity index is 1.97. The molecule has 1 saturated heterocycles. The third-order valence-corrected chi connectivity index (χ3v) is 4.05. The Hall–Kier alpha value is -2.00. The number of carbonyl (C=O) groups is 1. The maximum atomic E-state index is 12.3. The number of rotatable bonds is 3. The van der Waals surface area contributed by atoms with Gasteiger partial charge in [-0.15, -0.1) is 0 Å². The molecule has 0 radical (unpaired) electrons. The van der Waals surface area contributed by atoms with Crippen LogP contribution in [-0.4, -0.2) is 13.0 Å². The van der Waals surface area contributed by atoms with E-state index in [1.165, 1.54) is 0 Å². The van der Waals surface area contributed by atoms with Gasteiger partial charge >= 0.3 is 0 Å². The summed E-state index contributed by atoms with van der Waals surface area (Å²) >= 11 is 5.93. The highest BCUT2D eigenvalue weighted by molar-refractivity contribution is 6.30. The van der Waals surface area contributed by atoms with Gasteiger partial charge < -0.3 is 9.64 Å². The summed E-state index contributed by atoms with van der Waals surface area (Å²) < 4.78 is 5.28. The predicted octanol–water partition coefficient (Wildman–Crippen LogP) is 4.22. The molecule has 2 aromatic carbocycles. The van der Waals surface area contributed by atoms with E-state index in [2.05, 4.69) is 0 Å². The molecule has 21 heavy (non-hydrogen) atoms. The summed E-state index contributed by atoms with van der Waals surface area (Å²) in [4.78, 5) is 14.1. The van der Waals surface area contributed by atoms with Crippen molar-refractivity contribution in [1.29, 1.82) is 0 Å². The molecule has 0 N–H and O–H groups in total. The molecule has 0 aliphatic carbocycles. The molecule has 1 amide bonds. The van der Waals surface area contributed by atoms with E-state index < -0.39 is 0 Å². The number of halogens is 1. The monoisotopic (exact) mass is 301 g/mol. The van der Waals surface area contributed by atoms with Crippen LogP contribution < -0.4 is 9.64 Å². The number of benzene rings is 2. The second-order valence-electron chi connectivity index (χ2n) is 5.07. The number of hydrogen-bond acceptors (Lipinski definition) is 2. The highest BCUT2D eigenvalue weighted by atomic mass is 35.5. The van der Waals surface area contributed by atoms with Gasteiger partial charge in [0.1, 0.15) is 5.75 Å². The normalized spacial score (nSPS) is 18.1. The third kappa shape index (κ3) is 2.74. The average Bonchev–Trinajstić information content (AvgIpc) is 2.90. The Labute approximate surface area is 129 Å². The highest BCUT2D eigenvalue weighted by Crippen LogP contribution is 2.38. The molecule has 1 aliphatic rings. The van der Waals surface area contributed by atoms with Gasteiger partial charge in [0, 0.05) is 17.1 Å². The zero-order valence-corrected chi connectivity index (χ0v) is 12.5. The number of methoxy groups -OCH3 is 1. The summed E-state index contributed by atoms with van der Waals surface area (Å²) in [7, 11) is 1.65. The van der Waals surface area contributed by atoms with Gasteiger partial charge in [-0.05, 0) is 48.4 Å². The summed E-state index contributed by atoms with van der Waals surface area (Å²) in [6, 6.07) is 15.3. The van der Waals surface area contributed by atoms with Crippen molar-refractivity contribution in [3.05, 3.63) is 59.1 Å². The summed E-state index contributed by atoms with van der Waals surface area (Å²) in [6.45, 7) is 0. The number of nitrogens with zero attached hydrogens (tertiary/aromatic N) is 1. The SMILES string of the molecule is COc1cccc([C@H]2CCC(=O)N2c2ccc(Cl)cc2)c1. The number of anilines is 1. The minimum Gasteiger partial charge on any atom is -0.497 e. The van der Waals surface area contributed by atoms with E-state index in [-0.39, 0.29) is 11.9 Å². The number of hydrogen-bond donors (Lipinski definition) is 0. The van der Waals surface area contributed by atoms with Crippen LogP contribution in [0.4, 0.5) is 5.69 Å². The van der Waals surface area contributed by atoms with Crippen molar-refractivity contribution in [2.24, 2.45) is 0 Å². The van der Waals surface area contributed by atoms with E-state index in [0.717, 1.165) is 23.4 Å². The summed E-state index contributed by atoms with van der Waals surface area (Å²) in [5.74, 6) is 0.952. The second kappa shape index (κ2) is 5.78. The number of amides is 1. The van der Waals surface area contributed by atoms with E-state index >= 15 is 0 Å². The van der Waals surface area contributed by atoms with Crippen LogP contribution in [-0.2, 0) is 4.79 Å². The van der Waals surface area contributed by atoms with Crippen molar-refractivity contribution < 1.29 is 9.53 Å². The van der Waals surface area contributed by atoms with E-state index in [0.29, 0.717) is 11.4 Å². The summed E-state index contributed by atoms with van der Waals surface area (Å²) in [5.41, 5.74) is 1.98. The maximum absolute atomic E-state index is 12.3. The van der Waals surface area contributed by atoms with Gasteiger partial charge in [-0.2, -0.15) is 0 Å². The molecule has 3 nitrogen and oxygen atoms in total. The van der Waals surface area contributed by atoms with Gasteiger partial charge in [0.05, 0.1) is 13.2 Å². The summed E-state index contributed by atoms with van der Waals surface area (Å²) in [6.07, 6.45) is 1.37. The lowest BCUT2D eigenvalue weighted by Gasteiger charge is -2.25. The van der Waals surface area contributed by atoms with Crippen LogP contribution in [0.5, 0.6) is 5.75 Å². The first-order valence-electron chi connectivity index (χ1n) is 6.90. The Morgan fingerprint density at radius 1 is 1.19 bits per heavy atom. The fraction of sp³-hybridized carbons (Fsp3) is 0.235. The predicted molar refractivity (Wildman–Crippen MR) is 83.9 cm³/mol. The molecule has 0 saturated carbocycles. The zero-order valence-electron chi connectivity index (χ0n) is 11.8. The average molecular weight is 302 g/mol. The van der Waals surface area contributed by atoms with Gasteiger partial charge in [-0.25, -0.2) is 0 Å². The van der Waals surface area contributed by atoms with Crippen LogP contribution in [0.2, 0.25) is 5.02 Å². The molecule has 3 rings (SSSR count). The van der Waals surface area contributed by atoms with Crippen molar-refractivity contribution in [1.82, 2.24) is 0 Å². The van der Waals surface area contributed by atoms with Crippen LogP contribution >= 0.6 is 11.6 Å². The van der Waals surface area contributed by atoms with Crippen molar-refractivity contribution in [3.8, 4) is 5.75 Å². The van der Waals surface area contributed by atoms with Gasteiger partial charge in [0.25, 0.3) is 0 Å². The fourth-order valence-corrected chi connectivity index (χ4v) is 2.90. The Morgan fingerprint density at radius 3 is 2.67 bits per heavy atom. The van der Waals surface area contributed by atoms with Crippen LogP contribution in [0, 0.1) is 0 Å². The zero-order chi connectivity index (χ0) is 14.8. The Morgan fingerprint density at radius 2 is 1.95 bits per heavy atom. The summed E-state index contributed by atoms with van der Waals surface area (Å²) in [5, 5.41) is 0.670. The van der Waals surface area contributed by atoms with Crippen molar-refractivity contribution >= 4 is 23.2 Å². The molecule has 0 bridgehead atoms. The molecule has 108 valence electrons. The lowest BCUT2D eigenvalue weighted by Crippen LogP contribution is -2.27. The van der Waals surface area contributed by atoms with Crippen LogP contribution in [0.15, 0.2) is 48.5 Å². The lowest BCUT2D eigenvalue weighted by molar-refractivity contribution is -0.117. The molecule has 0 unspecified atom stereocenters. The van der Waals surface area contributed by atoms with Gasteiger partial charge in [0.2, 0.25) is 5.91 Å². The molecule has 1 aliphatic heterocycles. The smallest absolute Gasteiger partial charge is 0.227 e. The Bertz CT molecular complexity index is 654. The number of carbonyl (C=O) groups excluding carboxylic acids is 1. The van der Waals surface area contributed by atoms with Gasteiger partial charge in [-0.3, -0.25) is 4.79 Å². The highest BCUT2D eigenvalue weighted by Gasteiger charge is 2.33. The fourth-order valence-electron chi connectivity index (χ4n) is 2.77. The molecular weight excluding hydrogens is 286 g/mol. The second-order valence-corrected chi connectivity index (χ2v) is 5.51. The maximum Gasteiger partial charge on any atom is 0.227 e. The standard InChI is InChI=1S/C17H16ClNO2/c1-21-15-4-2-3-12(11-15)16-9-10-17(20)19(16)14-7-5-13(18)6-8-14/h2-8,11,16H,9-10H2,1H3/t16-/m1/s1. The molecule has 0 aromatic heterocycles. The largest absolute Gasteiger partial charge is 0.497 e. The molecule has 2 aromatic rings. The molecule has 1 heterocycles. The molecular formula is C17H16ClNO2. The molecule has 1 fully saturated rings. The molecule has 0 spiro atoms. The lowest BCUT2D eigenvalue weighted by atomic mass is 10.0. The van der Waals surface area contributed by atoms with Gasteiger partial charge in [-0.1, -0.05) is 23.7 Å². The third-order valence-electron chi connectivity index (χ3n) is 3.80. The first-order valence-corrected chi connectivity index (χ1v) is 7.28. The first kappa shape index (κ1) is 14.0. The van der Waals surface area contributed by atoms with Crippen molar-refractivity contribution in [2.45, 2.75) is 18.9 Å². The minimum atomic E-state index is 0.0498. The minimum absolute atomic E-state index is 0.0498. The van der Waals surface area contributed by atoms with Crippen molar-refractivity contribution in [2.75, 3.05) is 12.0 Å². The van der Waals surface area contributed by atoms with E-state index in [1.54, 1.807) is 7.11 Å². The van der Waals surface area contributed by atoms with Crippen LogP contribution in [0.3, 0.4) is 0 Å². The number of ether oxygens (including phenoxy) is 1. The molecule has 1 atom stereocenters. The topological polar surface area (TPSA) is 29.5 Å². The van der Waals surface area contributed by atoms with Crippen LogP contribution in [0.1, 0.15) is 24.4 Å². The first-order chi connectivity index (χ1) is 10.2. The van der Waals surface area contributed by atoms with E-state index in [1.807, 2.05) is 53.4 Å². The van der Waals surface area contributed by atoms with Crippen LogP contribution in [0.25, 0.3) is 0 Å². The molecule has 4 heteroatoms. The Kier molecular flexibility index (Phi) is 3.84.